The topological polar surface area (TPSA) is 83.6 Å². The number of rotatable bonds is 2. The van der Waals surface area contributed by atoms with E-state index in [-0.39, 0.29) is 12.5 Å². The van der Waals surface area contributed by atoms with Gasteiger partial charge in [0.15, 0.2) is 0 Å². The molecule has 0 aliphatic carbocycles. The molecule has 0 radical (unpaired) electrons. The largest absolute Gasteiger partial charge is 0.478 e. The highest BCUT2D eigenvalue weighted by atomic mass is 16.4. The molecule has 0 fully saturated rings. The van der Waals surface area contributed by atoms with Crippen LogP contribution in [-0.2, 0) is 17.8 Å². The summed E-state index contributed by atoms with van der Waals surface area (Å²) >= 11 is 0. The van der Waals surface area contributed by atoms with Crippen LogP contribution in [0.25, 0.3) is 0 Å². The highest BCUT2D eigenvalue weighted by molar-refractivity contribution is 5.90. The molecule has 1 aromatic carbocycles. The molecule has 1 aliphatic rings. The first-order valence-electron chi connectivity index (χ1n) is 5.45. The molecular weight excluding hydrogens is 220 g/mol. The summed E-state index contributed by atoms with van der Waals surface area (Å²) in [5, 5.41) is 9.06. The summed E-state index contributed by atoms with van der Waals surface area (Å²) in [4.78, 5) is 24.2. The Kier molecular flexibility index (Phi) is 3.10. The van der Waals surface area contributed by atoms with Crippen molar-refractivity contribution in [2.24, 2.45) is 5.73 Å². The summed E-state index contributed by atoms with van der Waals surface area (Å²) in [6, 6.07) is 5.16. The molecule has 0 saturated carbocycles. The molecule has 0 atom stereocenters. The van der Waals surface area contributed by atoms with Crippen LogP contribution in [0, 0.1) is 0 Å². The standard InChI is InChI=1S/C12H14N2O3/c13-6-11(15)14-5-4-9-8(7-14)2-1-3-10(9)12(16)17/h1-3H,4-7,13H2,(H,16,17). The second kappa shape index (κ2) is 4.55. The lowest BCUT2D eigenvalue weighted by Crippen LogP contribution is -2.40. The SMILES string of the molecule is NCC(=O)N1CCc2c(cccc2C(=O)O)C1. The lowest BCUT2D eigenvalue weighted by molar-refractivity contribution is -0.130. The summed E-state index contributed by atoms with van der Waals surface area (Å²) in [7, 11) is 0. The number of carboxylic acid groups (broad SMARTS) is 1. The Morgan fingerprint density at radius 1 is 1.41 bits per heavy atom. The summed E-state index contributed by atoms with van der Waals surface area (Å²) in [5.41, 5.74) is 7.39. The Balaban J connectivity index is 2.31. The predicted octanol–water partition coefficient (Wildman–Crippen LogP) is 0.228. The van der Waals surface area contributed by atoms with Gasteiger partial charge in [0.2, 0.25) is 5.91 Å². The maximum atomic E-state index is 11.5. The van der Waals surface area contributed by atoms with Crippen LogP contribution >= 0.6 is 0 Å². The van der Waals surface area contributed by atoms with E-state index in [0.717, 1.165) is 11.1 Å². The van der Waals surface area contributed by atoms with Crippen LogP contribution in [-0.4, -0.2) is 35.0 Å². The van der Waals surface area contributed by atoms with Gasteiger partial charge in [0.25, 0.3) is 0 Å². The van der Waals surface area contributed by atoms with Crippen molar-refractivity contribution in [2.45, 2.75) is 13.0 Å². The van der Waals surface area contributed by atoms with Crippen molar-refractivity contribution in [1.82, 2.24) is 4.90 Å². The van der Waals surface area contributed by atoms with E-state index >= 15 is 0 Å². The number of carbonyl (C=O) groups is 2. The van der Waals surface area contributed by atoms with E-state index in [1.54, 1.807) is 17.0 Å². The van der Waals surface area contributed by atoms with Crippen molar-refractivity contribution < 1.29 is 14.7 Å². The molecule has 0 unspecified atom stereocenters. The van der Waals surface area contributed by atoms with Gasteiger partial charge in [-0.3, -0.25) is 4.79 Å². The molecule has 5 heteroatoms. The first-order valence-corrected chi connectivity index (χ1v) is 5.45. The zero-order valence-electron chi connectivity index (χ0n) is 9.35. The summed E-state index contributed by atoms with van der Waals surface area (Å²) in [6.45, 7) is 0.980. The number of amides is 1. The molecule has 0 bridgehead atoms. The van der Waals surface area contributed by atoms with Crippen LogP contribution in [0.2, 0.25) is 0 Å². The number of benzene rings is 1. The van der Waals surface area contributed by atoms with Gasteiger partial charge in [0, 0.05) is 13.1 Å². The highest BCUT2D eigenvalue weighted by Gasteiger charge is 2.23. The van der Waals surface area contributed by atoms with E-state index in [4.69, 9.17) is 10.8 Å². The molecule has 1 amide bonds. The maximum absolute atomic E-state index is 11.5. The maximum Gasteiger partial charge on any atom is 0.335 e. The second-order valence-electron chi connectivity index (χ2n) is 4.02. The molecule has 3 N–H and O–H groups in total. The molecule has 5 nitrogen and oxygen atoms in total. The smallest absolute Gasteiger partial charge is 0.335 e. The monoisotopic (exact) mass is 234 g/mol. The Morgan fingerprint density at radius 3 is 2.82 bits per heavy atom. The minimum Gasteiger partial charge on any atom is -0.478 e. The van der Waals surface area contributed by atoms with E-state index in [1.807, 2.05) is 6.07 Å². The van der Waals surface area contributed by atoms with Gasteiger partial charge in [0.1, 0.15) is 0 Å². The quantitative estimate of drug-likeness (QED) is 0.767. The number of hydrogen-bond donors (Lipinski definition) is 2. The summed E-state index contributed by atoms with van der Waals surface area (Å²) in [5.74, 6) is -1.02. The van der Waals surface area contributed by atoms with Crippen molar-refractivity contribution in [2.75, 3.05) is 13.1 Å². The molecule has 1 heterocycles. The number of nitrogens with two attached hydrogens (primary N) is 1. The molecule has 0 saturated heterocycles. The Hall–Kier alpha value is -1.88. The van der Waals surface area contributed by atoms with Gasteiger partial charge in [-0.05, 0) is 23.6 Å². The van der Waals surface area contributed by atoms with Gasteiger partial charge in [0.05, 0.1) is 12.1 Å². The zero-order chi connectivity index (χ0) is 12.4. The lowest BCUT2D eigenvalue weighted by Gasteiger charge is -2.29. The predicted molar refractivity (Wildman–Crippen MR) is 61.6 cm³/mol. The third-order valence-corrected chi connectivity index (χ3v) is 3.02. The number of aromatic carboxylic acids is 1. The number of nitrogens with zero attached hydrogens (tertiary/aromatic N) is 1. The van der Waals surface area contributed by atoms with E-state index in [1.165, 1.54) is 0 Å². The van der Waals surface area contributed by atoms with Gasteiger partial charge < -0.3 is 15.7 Å². The van der Waals surface area contributed by atoms with Crippen LogP contribution in [0.1, 0.15) is 21.5 Å². The van der Waals surface area contributed by atoms with Crippen LogP contribution in [0.3, 0.4) is 0 Å². The van der Waals surface area contributed by atoms with Gasteiger partial charge in [-0.25, -0.2) is 4.79 Å². The molecule has 90 valence electrons. The highest BCUT2D eigenvalue weighted by Crippen LogP contribution is 2.22. The Labute approximate surface area is 98.8 Å². The number of carboxylic acids is 1. The average molecular weight is 234 g/mol. The number of carbonyl (C=O) groups excluding carboxylic acids is 1. The van der Waals surface area contributed by atoms with Gasteiger partial charge >= 0.3 is 5.97 Å². The fraction of sp³-hybridized carbons (Fsp3) is 0.333. The van der Waals surface area contributed by atoms with Gasteiger partial charge in [-0.15, -0.1) is 0 Å². The molecule has 1 aromatic rings. The van der Waals surface area contributed by atoms with Crippen molar-refractivity contribution in [3.63, 3.8) is 0 Å². The Bertz CT molecular complexity index is 471. The van der Waals surface area contributed by atoms with Gasteiger partial charge in [-0.1, -0.05) is 12.1 Å². The van der Waals surface area contributed by atoms with Crippen molar-refractivity contribution >= 4 is 11.9 Å². The van der Waals surface area contributed by atoms with E-state index in [0.29, 0.717) is 25.1 Å². The molecule has 2 rings (SSSR count). The molecular formula is C12H14N2O3. The van der Waals surface area contributed by atoms with E-state index in [2.05, 4.69) is 0 Å². The first kappa shape index (κ1) is 11.6. The first-order chi connectivity index (χ1) is 8.13. The third kappa shape index (κ3) is 2.14. The van der Waals surface area contributed by atoms with Crippen molar-refractivity contribution in [1.29, 1.82) is 0 Å². The Morgan fingerprint density at radius 2 is 2.18 bits per heavy atom. The zero-order valence-corrected chi connectivity index (χ0v) is 9.35. The third-order valence-electron chi connectivity index (χ3n) is 3.02. The fourth-order valence-corrected chi connectivity index (χ4v) is 2.15. The second-order valence-corrected chi connectivity index (χ2v) is 4.02. The van der Waals surface area contributed by atoms with E-state index in [9.17, 15) is 9.59 Å². The van der Waals surface area contributed by atoms with Gasteiger partial charge in [-0.2, -0.15) is 0 Å². The molecule has 1 aliphatic heterocycles. The lowest BCUT2D eigenvalue weighted by atomic mass is 9.94. The number of fused-ring (bicyclic) bond motifs is 1. The fourth-order valence-electron chi connectivity index (χ4n) is 2.15. The molecule has 0 spiro atoms. The van der Waals surface area contributed by atoms with Crippen LogP contribution in [0.15, 0.2) is 18.2 Å². The number of hydrogen-bond acceptors (Lipinski definition) is 3. The van der Waals surface area contributed by atoms with E-state index < -0.39 is 5.97 Å². The average Bonchev–Trinajstić information content (AvgIpc) is 2.36. The van der Waals surface area contributed by atoms with Crippen LogP contribution in [0.5, 0.6) is 0 Å². The summed E-state index contributed by atoms with van der Waals surface area (Å²) < 4.78 is 0. The van der Waals surface area contributed by atoms with Crippen molar-refractivity contribution in [3.8, 4) is 0 Å². The molecule has 0 aromatic heterocycles. The minimum atomic E-state index is -0.916. The minimum absolute atomic E-state index is 0.00600. The van der Waals surface area contributed by atoms with Crippen LogP contribution in [0.4, 0.5) is 0 Å². The molecule has 17 heavy (non-hydrogen) atoms. The van der Waals surface area contributed by atoms with Crippen LogP contribution < -0.4 is 5.73 Å². The summed E-state index contributed by atoms with van der Waals surface area (Å²) in [6.07, 6.45) is 0.573. The normalized spacial score (nSPS) is 14.3. The van der Waals surface area contributed by atoms with Crippen molar-refractivity contribution in [3.05, 3.63) is 34.9 Å².